The van der Waals surface area contributed by atoms with Crippen LogP contribution in [0.5, 0.6) is 0 Å². The molecule has 3 heterocycles. The van der Waals surface area contributed by atoms with E-state index in [1.54, 1.807) is 35.3 Å². The number of nitrogens with zero attached hydrogens (tertiary/aromatic N) is 4. The van der Waals surface area contributed by atoms with Crippen molar-refractivity contribution in [3.63, 3.8) is 0 Å². The number of nitrogens with one attached hydrogen (secondary N) is 1. The fourth-order valence-electron chi connectivity index (χ4n) is 1.98. The highest BCUT2D eigenvalue weighted by Gasteiger charge is 2.24. The Kier molecular flexibility index (Phi) is 3.34. The molecule has 0 unspecified atom stereocenters. The van der Waals surface area contributed by atoms with Gasteiger partial charge in [-0.25, -0.2) is 4.98 Å². The molecule has 0 spiro atoms. The SMILES string of the molecule is CCn1cc(NS(=O)(=O)c2c(Cl)nc3ccccn23)cn1. The van der Waals surface area contributed by atoms with Gasteiger partial charge in [-0.15, -0.1) is 0 Å². The van der Waals surface area contributed by atoms with E-state index < -0.39 is 10.0 Å². The van der Waals surface area contributed by atoms with Crippen LogP contribution in [-0.4, -0.2) is 27.6 Å². The number of hydrogen-bond acceptors (Lipinski definition) is 4. The van der Waals surface area contributed by atoms with Gasteiger partial charge < -0.3 is 0 Å². The Morgan fingerprint density at radius 3 is 2.90 bits per heavy atom. The van der Waals surface area contributed by atoms with Crippen LogP contribution in [0.15, 0.2) is 41.8 Å². The first-order valence-corrected chi connectivity index (χ1v) is 8.05. The molecule has 110 valence electrons. The Hall–Kier alpha value is -2.06. The molecule has 3 rings (SSSR count). The number of imidazole rings is 1. The van der Waals surface area contributed by atoms with Gasteiger partial charge >= 0.3 is 0 Å². The summed E-state index contributed by atoms with van der Waals surface area (Å²) in [6.45, 7) is 2.56. The molecule has 3 aromatic rings. The molecule has 0 bridgehead atoms. The molecule has 3 aromatic heterocycles. The molecule has 0 saturated carbocycles. The van der Waals surface area contributed by atoms with Crippen LogP contribution in [0.3, 0.4) is 0 Å². The minimum atomic E-state index is -3.86. The van der Waals surface area contributed by atoms with Gasteiger partial charge in [-0.05, 0) is 19.1 Å². The quantitative estimate of drug-likeness (QED) is 0.795. The number of fused-ring (bicyclic) bond motifs is 1. The van der Waals surface area contributed by atoms with E-state index >= 15 is 0 Å². The minimum absolute atomic E-state index is 0.0726. The summed E-state index contributed by atoms with van der Waals surface area (Å²) in [6, 6.07) is 5.15. The Morgan fingerprint density at radius 2 is 2.19 bits per heavy atom. The highest BCUT2D eigenvalue weighted by atomic mass is 35.5. The first-order chi connectivity index (χ1) is 10.0. The van der Waals surface area contributed by atoms with E-state index in [0.717, 1.165) is 0 Å². The van der Waals surface area contributed by atoms with E-state index in [9.17, 15) is 8.42 Å². The number of aromatic nitrogens is 4. The Labute approximate surface area is 126 Å². The first kappa shape index (κ1) is 13.9. The maximum absolute atomic E-state index is 12.5. The highest BCUT2D eigenvalue weighted by Crippen LogP contribution is 2.24. The van der Waals surface area contributed by atoms with Crippen molar-refractivity contribution in [3.05, 3.63) is 41.9 Å². The van der Waals surface area contributed by atoms with Gasteiger partial charge in [-0.3, -0.25) is 13.8 Å². The van der Waals surface area contributed by atoms with Crippen LogP contribution in [0, 0.1) is 0 Å². The summed E-state index contributed by atoms with van der Waals surface area (Å²) in [6.07, 6.45) is 4.64. The van der Waals surface area contributed by atoms with Crippen LogP contribution in [0.25, 0.3) is 5.65 Å². The molecular formula is C12H12ClN5O2S. The lowest BCUT2D eigenvalue weighted by atomic mass is 10.5. The summed E-state index contributed by atoms with van der Waals surface area (Å²) >= 11 is 5.98. The van der Waals surface area contributed by atoms with Crippen molar-refractivity contribution in [1.29, 1.82) is 0 Å². The van der Waals surface area contributed by atoms with Crippen LogP contribution in [0.4, 0.5) is 5.69 Å². The van der Waals surface area contributed by atoms with Gasteiger partial charge in [0.05, 0.1) is 11.9 Å². The van der Waals surface area contributed by atoms with Crippen molar-refractivity contribution in [2.75, 3.05) is 4.72 Å². The van der Waals surface area contributed by atoms with E-state index in [-0.39, 0.29) is 10.2 Å². The van der Waals surface area contributed by atoms with Crippen molar-refractivity contribution < 1.29 is 8.42 Å². The second-order valence-corrected chi connectivity index (χ2v) is 6.28. The molecule has 0 aliphatic carbocycles. The predicted molar refractivity (Wildman–Crippen MR) is 78.9 cm³/mol. The minimum Gasteiger partial charge on any atom is -0.288 e. The number of rotatable bonds is 4. The molecule has 0 saturated heterocycles. The van der Waals surface area contributed by atoms with Gasteiger partial charge in [0.15, 0.2) is 10.2 Å². The van der Waals surface area contributed by atoms with Crippen LogP contribution < -0.4 is 4.72 Å². The van der Waals surface area contributed by atoms with Crippen LogP contribution in [-0.2, 0) is 16.6 Å². The molecule has 21 heavy (non-hydrogen) atoms. The van der Waals surface area contributed by atoms with Gasteiger partial charge in [0, 0.05) is 18.9 Å². The van der Waals surface area contributed by atoms with Crippen molar-refractivity contribution in [1.82, 2.24) is 19.2 Å². The van der Waals surface area contributed by atoms with E-state index in [4.69, 9.17) is 11.6 Å². The van der Waals surface area contributed by atoms with Crippen LogP contribution in [0.2, 0.25) is 5.15 Å². The molecule has 9 heteroatoms. The zero-order chi connectivity index (χ0) is 15.0. The smallest absolute Gasteiger partial charge is 0.281 e. The van der Waals surface area contributed by atoms with Gasteiger partial charge in [0.1, 0.15) is 5.65 Å². The maximum Gasteiger partial charge on any atom is 0.281 e. The van der Waals surface area contributed by atoms with Crippen molar-refractivity contribution in [3.8, 4) is 0 Å². The van der Waals surface area contributed by atoms with E-state index in [2.05, 4.69) is 14.8 Å². The normalized spacial score (nSPS) is 11.9. The van der Waals surface area contributed by atoms with Gasteiger partial charge in [0.2, 0.25) is 0 Å². The molecule has 0 aliphatic heterocycles. The number of sulfonamides is 1. The van der Waals surface area contributed by atoms with Gasteiger partial charge in [-0.2, -0.15) is 13.5 Å². The lowest BCUT2D eigenvalue weighted by molar-refractivity contribution is 0.596. The summed E-state index contributed by atoms with van der Waals surface area (Å²) in [5, 5.41) is 3.85. The van der Waals surface area contributed by atoms with Crippen molar-refractivity contribution >= 4 is 33.0 Å². The molecule has 0 aliphatic rings. The van der Waals surface area contributed by atoms with Crippen molar-refractivity contribution in [2.45, 2.75) is 18.5 Å². The predicted octanol–water partition coefficient (Wildman–Crippen LogP) is 2.00. The third-order valence-corrected chi connectivity index (χ3v) is 4.69. The highest BCUT2D eigenvalue weighted by molar-refractivity contribution is 7.92. The molecule has 7 nitrogen and oxygen atoms in total. The lowest BCUT2D eigenvalue weighted by Crippen LogP contribution is -2.15. The second kappa shape index (κ2) is 5.05. The zero-order valence-electron chi connectivity index (χ0n) is 11.1. The number of anilines is 1. The van der Waals surface area contributed by atoms with E-state index in [1.165, 1.54) is 10.6 Å². The third kappa shape index (κ3) is 2.47. The molecule has 0 radical (unpaired) electrons. The standard InChI is InChI=1S/C12H12ClN5O2S/c1-2-17-8-9(7-14-17)16-21(19,20)12-11(13)15-10-5-3-4-6-18(10)12/h3-8,16H,2H2,1H3. The molecule has 0 fully saturated rings. The summed E-state index contributed by atoms with van der Waals surface area (Å²) in [5.41, 5.74) is 0.839. The summed E-state index contributed by atoms with van der Waals surface area (Å²) < 4.78 is 30.5. The van der Waals surface area contributed by atoms with Gasteiger partial charge in [0.25, 0.3) is 10.0 Å². The summed E-state index contributed by atoms with van der Waals surface area (Å²) in [4.78, 5) is 4.03. The van der Waals surface area contributed by atoms with Gasteiger partial charge in [-0.1, -0.05) is 17.7 Å². The number of pyridine rings is 1. The topological polar surface area (TPSA) is 81.3 Å². The molecule has 0 atom stereocenters. The number of halogens is 1. The zero-order valence-corrected chi connectivity index (χ0v) is 12.6. The Balaban J connectivity index is 2.06. The third-order valence-electron chi connectivity index (χ3n) is 2.91. The fourth-order valence-corrected chi connectivity index (χ4v) is 3.65. The molecule has 1 N–H and O–H groups in total. The number of aryl methyl sites for hydroxylation is 1. The Bertz CT molecular complexity index is 899. The van der Waals surface area contributed by atoms with E-state index in [0.29, 0.717) is 17.9 Å². The van der Waals surface area contributed by atoms with Crippen LogP contribution in [0.1, 0.15) is 6.92 Å². The fraction of sp³-hybridized carbons (Fsp3) is 0.167. The Morgan fingerprint density at radius 1 is 1.38 bits per heavy atom. The monoisotopic (exact) mass is 325 g/mol. The van der Waals surface area contributed by atoms with E-state index in [1.807, 2.05) is 6.92 Å². The van der Waals surface area contributed by atoms with Crippen LogP contribution >= 0.6 is 11.6 Å². The second-order valence-electron chi connectivity index (χ2n) is 4.33. The molecule has 0 aromatic carbocycles. The largest absolute Gasteiger partial charge is 0.288 e. The summed E-state index contributed by atoms with van der Waals surface area (Å²) in [5.74, 6) is 0. The average Bonchev–Trinajstić information content (AvgIpc) is 3.00. The molecular weight excluding hydrogens is 314 g/mol. The first-order valence-electron chi connectivity index (χ1n) is 6.19. The lowest BCUT2D eigenvalue weighted by Gasteiger charge is -2.05. The average molecular weight is 326 g/mol. The number of hydrogen-bond donors (Lipinski definition) is 1. The molecule has 0 amide bonds. The van der Waals surface area contributed by atoms with Crippen molar-refractivity contribution in [2.24, 2.45) is 0 Å². The maximum atomic E-state index is 12.5. The summed E-state index contributed by atoms with van der Waals surface area (Å²) in [7, 11) is -3.86.